The van der Waals surface area contributed by atoms with E-state index in [0.717, 1.165) is 19.4 Å². The van der Waals surface area contributed by atoms with Gasteiger partial charge < -0.3 is 9.29 Å². The van der Waals surface area contributed by atoms with Crippen molar-refractivity contribution in [2.24, 2.45) is 0 Å². The minimum absolute atomic E-state index is 0. The molecule has 0 saturated carbocycles. The normalized spacial score (nSPS) is 20.2. The van der Waals surface area contributed by atoms with E-state index in [-0.39, 0.29) is 58.0 Å². The SMILES string of the molecule is CCCCCCCCCCCCCCCCN1CCOCC1(CC)OS(=O)(=O)[O-].[K+]. The molecular weight excluding hydrogens is 429 g/mol. The Hall–Kier alpha value is 1.43. The van der Waals surface area contributed by atoms with Gasteiger partial charge in [0, 0.05) is 13.1 Å². The monoisotopic (exact) mass is 473 g/mol. The third-order valence-corrected chi connectivity index (χ3v) is 6.52. The molecule has 6 nitrogen and oxygen atoms in total. The van der Waals surface area contributed by atoms with Crippen molar-refractivity contribution >= 4 is 10.4 Å². The van der Waals surface area contributed by atoms with E-state index < -0.39 is 16.1 Å². The molecule has 1 aliphatic heterocycles. The van der Waals surface area contributed by atoms with Gasteiger partial charge >= 0.3 is 51.4 Å². The standard InChI is InChI=1S/C22H45NO5S.K/c1-3-5-6-7-8-9-10-11-12-13-14-15-16-17-18-23-19-20-27-21-22(23,4-2)28-29(24,25)26;/h3-21H2,1-2H3,(H,24,25,26);/q;+1/p-1. The molecule has 1 heterocycles. The molecule has 8 heteroatoms. The molecule has 0 aromatic heterocycles. The van der Waals surface area contributed by atoms with Gasteiger partial charge in [-0.1, -0.05) is 97.3 Å². The van der Waals surface area contributed by atoms with Crippen molar-refractivity contribution < 1.29 is 73.3 Å². The molecule has 1 fully saturated rings. The van der Waals surface area contributed by atoms with Crippen LogP contribution in [0.4, 0.5) is 0 Å². The molecule has 1 unspecified atom stereocenters. The number of morpholine rings is 1. The fourth-order valence-electron chi connectivity index (χ4n) is 4.17. The van der Waals surface area contributed by atoms with Crippen LogP contribution >= 0.6 is 0 Å². The van der Waals surface area contributed by atoms with Crippen molar-refractivity contribution in [3.05, 3.63) is 0 Å². The topological polar surface area (TPSA) is 78.9 Å². The largest absolute Gasteiger partial charge is 1.00 e. The van der Waals surface area contributed by atoms with Crippen LogP contribution in [0.3, 0.4) is 0 Å². The van der Waals surface area contributed by atoms with Crippen LogP contribution in [0.1, 0.15) is 110 Å². The first-order valence-corrected chi connectivity index (χ1v) is 13.3. The van der Waals surface area contributed by atoms with Crippen LogP contribution in [0, 0.1) is 0 Å². The molecule has 0 aliphatic carbocycles. The van der Waals surface area contributed by atoms with E-state index in [1.54, 1.807) is 0 Å². The number of hydrogen-bond donors (Lipinski definition) is 0. The molecule has 0 aromatic carbocycles. The molecule has 0 bridgehead atoms. The minimum atomic E-state index is -4.76. The predicted molar refractivity (Wildman–Crippen MR) is 117 cm³/mol. The van der Waals surface area contributed by atoms with Gasteiger partial charge in [0.2, 0.25) is 10.4 Å². The fourth-order valence-corrected chi connectivity index (χ4v) is 4.82. The van der Waals surface area contributed by atoms with Crippen LogP contribution in [-0.4, -0.2) is 49.9 Å². The zero-order valence-corrected chi connectivity index (χ0v) is 23.8. The number of rotatable bonds is 18. The van der Waals surface area contributed by atoms with Crippen molar-refractivity contribution in [1.29, 1.82) is 0 Å². The van der Waals surface area contributed by atoms with Crippen LogP contribution in [0.25, 0.3) is 0 Å². The van der Waals surface area contributed by atoms with Crippen molar-refractivity contribution in [3.8, 4) is 0 Å². The van der Waals surface area contributed by atoms with E-state index in [2.05, 4.69) is 6.92 Å². The molecule has 0 radical (unpaired) electrons. The summed E-state index contributed by atoms with van der Waals surface area (Å²) in [7, 11) is -4.76. The summed E-state index contributed by atoms with van der Waals surface area (Å²) in [5.74, 6) is 0. The van der Waals surface area contributed by atoms with Crippen molar-refractivity contribution in [2.45, 2.75) is 116 Å². The number of nitrogens with zero attached hydrogens (tertiary/aromatic N) is 1. The van der Waals surface area contributed by atoms with Crippen LogP contribution in [0.15, 0.2) is 0 Å². The molecule has 0 spiro atoms. The van der Waals surface area contributed by atoms with E-state index in [4.69, 9.17) is 8.92 Å². The van der Waals surface area contributed by atoms with Gasteiger partial charge in [-0.3, -0.25) is 9.08 Å². The molecular formula is C22H44KNO5S. The minimum Gasteiger partial charge on any atom is -0.725 e. The zero-order chi connectivity index (χ0) is 21.4. The second kappa shape index (κ2) is 18.8. The molecule has 0 N–H and O–H groups in total. The average molecular weight is 474 g/mol. The molecule has 1 aliphatic rings. The number of hydrogen-bond acceptors (Lipinski definition) is 6. The summed E-state index contributed by atoms with van der Waals surface area (Å²) in [4.78, 5) is 1.98. The summed E-state index contributed by atoms with van der Waals surface area (Å²) < 4.78 is 43.8. The smallest absolute Gasteiger partial charge is 0.725 e. The Morgan fingerprint density at radius 2 is 1.33 bits per heavy atom. The molecule has 1 rings (SSSR count). The van der Waals surface area contributed by atoms with Crippen LogP contribution in [0.2, 0.25) is 0 Å². The van der Waals surface area contributed by atoms with E-state index in [1.807, 2.05) is 11.8 Å². The molecule has 0 aromatic rings. The second-order valence-corrected chi connectivity index (χ2v) is 9.41. The Labute approximate surface area is 228 Å². The Morgan fingerprint density at radius 3 is 1.77 bits per heavy atom. The Balaban J connectivity index is 0.00000841. The van der Waals surface area contributed by atoms with Gasteiger partial charge in [-0.2, -0.15) is 0 Å². The van der Waals surface area contributed by atoms with Gasteiger partial charge in [-0.15, -0.1) is 0 Å². The third-order valence-electron chi connectivity index (χ3n) is 6.00. The summed E-state index contributed by atoms with van der Waals surface area (Å²) in [5, 5.41) is 0. The molecule has 30 heavy (non-hydrogen) atoms. The maximum atomic E-state index is 11.2. The zero-order valence-electron chi connectivity index (χ0n) is 19.8. The van der Waals surface area contributed by atoms with E-state index in [0.29, 0.717) is 19.6 Å². The third kappa shape index (κ3) is 14.5. The molecule has 1 saturated heterocycles. The van der Waals surface area contributed by atoms with Gasteiger partial charge in [0.05, 0.1) is 13.2 Å². The number of ether oxygens (including phenoxy) is 1. The summed E-state index contributed by atoms with van der Waals surface area (Å²) in [6.45, 7) is 6.11. The van der Waals surface area contributed by atoms with Gasteiger partial charge in [0.1, 0.15) is 0 Å². The van der Waals surface area contributed by atoms with Gasteiger partial charge in [-0.05, 0) is 12.8 Å². The first kappa shape index (κ1) is 31.4. The Bertz CT molecular complexity index is 506. The Kier molecular flexibility index (Phi) is 19.7. The van der Waals surface area contributed by atoms with Crippen molar-refractivity contribution in [3.63, 3.8) is 0 Å². The summed E-state index contributed by atoms with van der Waals surface area (Å²) in [6, 6.07) is 0. The van der Waals surface area contributed by atoms with E-state index in [1.165, 1.54) is 77.0 Å². The second-order valence-electron chi connectivity index (χ2n) is 8.43. The Morgan fingerprint density at radius 1 is 0.867 bits per heavy atom. The fraction of sp³-hybridized carbons (Fsp3) is 1.00. The van der Waals surface area contributed by atoms with Crippen molar-refractivity contribution in [2.75, 3.05) is 26.3 Å². The average Bonchev–Trinajstić information content (AvgIpc) is 2.68. The van der Waals surface area contributed by atoms with E-state index in [9.17, 15) is 13.0 Å². The van der Waals surface area contributed by atoms with Crippen LogP contribution in [0.5, 0.6) is 0 Å². The summed E-state index contributed by atoms with van der Waals surface area (Å²) in [5.41, 5.74) is -1.13. The van der Waals surface area contributed by atoms with Crippen LogP contribution < -0.4 is 51.4 Å². The maximum absolute atomic E-state index is 11.2. The van der Waals surface area contributed by atoms with E-state index >= 15 is 0 Å². The predicted octanol–water partition coefficient (Wildman–Crippen LogP) is 2.39. The first-order chi connectivity index (χ1) is 13.9. The van der Waals surface area contributed by atoms with Crippen LogP contribution in [-0.2, 0) is 19.3 Å². The number of unbranched alkanes of at least 4 members (excludes halogenated alkanes) is 13. The van der Waals surface area contributed by atoms with Crippen molar-refractivity contribution in [1.82, 2.24) is 4.90 Å². The molecule has 174 valence electrons. The van der Waals surface area contributed by atoms with Gasteiger partial charge in [0.15, 0.2) is 5.72 Å². The summed E-state index contributed by atoms with van der Waals surface area (Å²) >= 11 is 0. The molecule has 1 atom stereocenters. The molecule has 0 amide bonds. The summed E-state index contributed by atoms with van der Waals surface area (Å²) in [6.07, 6.45) is 18.7. The first-order valence-electron chi connectivity index (χ1n) is 11.9. The maximum Gasteiger partial charge on any atom is 1.00 e. The quantitative estimate of drug-likeness (QED) is 0.132. The van der Waals surface area contributed by atoms with Gasteiger partial charge in [-0.25, -0.2) is 8.42 Å². The van der Waals surface area contributed by atoms with Gasteiger partial charge in [0.25, 0.3) is 0 Å².